The van der Waals surface area contributed by atoms with Crippen LogP contribution in [0.5, 0.6) is 11.5 Å². The Bertz CT molecular complexity index is 813. The first-order chi connectivity index (χ1) is 14.7. The molecule has 8 nitrogen and oxygen atoms in total. The molecular weight excluding hydrogens is 507 g/mol. The summed E-state index contributed by atoms with van der Waals surface area (Å²) in [5.74, 6) is 3.33. The summed E-state index contributed by atoms with van der Waals surface area (Å²) in [7, 11) is 1.83. The van der Waals surface area contributed by atoms with E-state index >= 15 is 0 Å². The Labute approximate surface area is 202 Å². The maximum absolute atomic E-state index is 5.73. The molecule has 2 heterocycles. The Hall–Kier alpha value is -2.30. The lowest BCUT2D eigenvalue weighted by Gasteiger charge is -2.36. The van der Waals surface area contributed by atoms with Gasteiger partial charge >= 0.3 is 0 Å². The van der Waals surface area contributed by atoms with Gasteiger partial charge in [0, 0.05) is 52.2 Å². The first-order valence-electron chi connectivity index (χ1n) is 10.6. The molecule has 1 N–H and O–H groups in total. The van der Waals surface area contributed by atoms with Crippen molar-refractivity contribution in [2.45, 2.75) is 20.3 Å². The van der Waals surface area contributed by atoms with Crippen LogP contribution in [0.2, 0.25) is 0 Å². The van der Waals surface area contributed by atoms with Crippen molar-refractivity contribution in [1.29, 1.82) is 0 Å². The van der Waals surface area contributed by atoms with Gasteiger partial charge in [-0.25, -0.2) is 9.97 Å². The molecule has 170 valence electrons. The molecule has 0 aliphatic carbocycles. The molecule has 1 aromatic heterocycles. The summed E-state index contributed by atoms with van der Waals surface area (Å²) in [5, 5.41) is 3.49. The van der Waals surface area contributed by atoms with Crippen LogP contribution in [0.15, 0.2) is 41.7 Å². The van der Waals surface area contributed by atoms with E-state index in [0.29, 0.717) is 13.2 Å². The highest BCUT2D eigenvalue weighted by molar-refractivity contribution is 14.0. The van der Waals surface area contributed by atoms with Gasteiger partial charge in [-0.05, 0) is 44.0 Å². The summed E-state index contributed by atoms with van der Waals surface area (Å²) in [6.07, 6.45) is 4.45. The van der Waals surface area contributed by atoms with E-state index in [2.05, 4.69) is 42.2 Å². The fourth-order valence-corrected chi connectivity index (χ4v) is 3.47. The molecule has 0 saturated carbocycles. The zero-order chi connectivity index (χ0) is 21.2. The molecule has 0 unspecified atom stereocenters. The van der Waals surface area contributed by atoms with E-state index in [1.54, 1.807) is 12.4 Å². The smallest absolute Gasteiger partial charge is 0.225 e. The fourth-order valence-electron chi connectivity index (χ4n) is 3.47. The van der Waals surface area contributed by atoms with Crippen molar-refractivity contribution in [2.24, 2.45) is 4.99 Å². The van der Waals surface area contributed by atoms with Gasteiger partial charge in [-0.15, -0.1) is 24.0 Å². The second-order valence-corrected chi connectivity index (χ2v) is 6.89. The minimum atomic E-state index is 0. The van der Waals surface area contributed by atoms with Gasteiger partial charge in [-0.2, -0.15) is 0 Å². The molecule has 1 aliphatic rings. The lowest BCUT2D eigenvalue weighted by Crippen LogP contribution is -2.53. The summed E-state index contributed by atoms with van der Waals surface area (Å²) in [6, 6.07) is 7.99. The standard InChI is InChI=1S/C22H32N6O2.HI/c1-4-29-19-8-7-18(17-20(19)30-5-2)9-12-26-21(23-3)27-13-15-28(16-14-27)22-24-10-6-11-25-22;/h6-8,10-11,17H,4-5,9,12-16H2,1-3H3,(H,23,26);1H. The Kier molecular flexibility index (Phi) is 10.6. The van der Waals surface area contributed by atoms with E-state index in [1.165, 1.54) is 5.56 Å². The molecule has 0 atom stereocenters. The minimum absolute atomic E-state index is 0. The third kappa shape index (κ3) is 7.12. The number of aromatic nitrogens is 2. The van der Waals surface area contributed by atoms with Gasteiger partial charge in [0.2, 0.25) is 5.95 Å². The highest BCUT2D eigenvalue weighted by Crippen LogP contribution is 2.28. The maximum Gasteiger partial charge on any atom is 0.225 e. The Balaban J connectivity index is 0.00000341. The van der Waals surface area contributed by atoms with Crippen LogP contribution >= 0.6 is 24.0 Å². The van der Waals surface area contributed by atoms with Crippen molar-refractivity contribution >= 4 is 35.9 Å². The number of ether oxygens (including phenoxy) is 2. The molecular formula is C22H33IN6O2. The molecule has 0 radical (unpaired) electrons. The number of guanidine groups is 1. The Morgan fingerprint density at radius 2 is 1.71 bits per heavy atom. The molecule has 1 fully saturated rings. The van der Waals surface area contributed by atoms with Crippen LogP contribution in [0.1, 0.15) is 19.4 Å². The van der Waals surface area contributed by atoms with Crippen LogP contribution in [-0.2, 0) is 6.42 Å². The molecule has 2 aromatic rings. The molecule has 1 aromatic carbocycles. The third-order valence-electron chi connectivity index (χ3n) is 4.93. The largest absolute Gasteiger partial charge is 0.490 e. The van der Waals surface area contributed by atoms with Gasteiger partial charge < -0.3 is 24.6 Å². The molecule has 9 heteroatoms. The third-order valence-corrected chi connectivity index (χ3v) is 4.93. The van der Waals surface area contributed by atoms with Gasteiger partial charge in [-0.3, -0.25) is 4.99 Å². The van der Waals surface area contributed by atoms with Crippen molar-refractivity contribution in [3.63, 3.8) is 0 Å². The Morgan fingerprint density at radius 1 is 1.03 bits per heavy atom. The summed E-state index contributed by atoms with van der Waals surface area (Å²) >= 11 is 0. The average Bonchev–Trinajstić information content (AvgIpc) is 2.79. The number of anilines is 1. The molecule has 31 heavy (non-hydrogen) atoms. The number of aliphatic imine (C=N–C) groups is 1. The second-order valence-electron chi connectivity index (χ2n) is 6.89. The number of nitrogens with one attached hydrogen (secondary N) is 1. The highest BCUT2D eigenvalue weighted by atomic mass is 127. The van der Waals surface area contributed by atoms with Crippen molar-refractivity contribution in [1.82, 2.24) is 20.2 Å². The lowest BCUT2D eigenvalue weighted by molar-refractivity contribution is 0.287. The number of hydrogen-bond acceptors (Lipinski definition) is 6. The minimum Gasteiger partial charge on any atom is -0.490 e. The van der Waals surface area contributed by atoms with E-state index in [4.69, 9.17) is 9.47 Å². The molecule has 0 amide bonds. The molecule has 0 spiro atoms. The van der Waals surface area contributed by atoms with Crippen LogP contribution in [0.3, 0.4) is 0 Å². The van der Waals surface area contributed by atoms with Gasteiger partial charge in [-0.1, -0.05) is 6.07 Å². The van der Waals surface area contributed by atoms with Crippen LogP contribution in [0.25, 0.3) is 0 Å². The molecule has 1 aliphatic heterocycles. The zero-order valence-electron chi connectivity index (χ0n) is 18.6. The van der Waals surface area contributed by atoms with E-state index < -0.39 is 0 Å². The predicted octanol–water partition coefficient (Wildman–Crippen LogP) is 2.83. The van der Waals surface area contributed by atoms with Crippen molar-refractivity contribution in [2.75, 3.05) is 57.9 Å². The van der Waals surface area contributed by atoms with Gasteiger partial charge in [0.1, 0.15) is 0 Å². The molecule has 0 bridgehead atoms. The zero-order valence-corrected chi connectivity index (χ0v) is 20.9. The van der Waals surface area contributed by atoms with E-state index in [-0.39, 0.29) is 24.0 Å². The number of benzene rings is 1. The van der Waals surface area contributed by atoms with Crippen LogP contribution < -0.4 is 19.7 Å². The van der Waals surface area contributed by atoms with E-state index in [0.717, 1.165) is 62.6 Å². The predicted molar refractivity (Wildman–Crippen MR) is 135 cm³/mol. The van der Waals surface area contributed by atoms with Gasteiger partial charge in [0.25, 0.3) is 0 Å². The van der Waals surface area contributed by atoms with Crippen molar-refractivity contribution < 1.29 is 9.47 Å². The summed E-state index contributed by atoms with van der Waals surface area (Å²) < 4.78 is 11.4. The number of rotatable bonds is 8. The van der Waals surface area contributed by atoms with Crippen LogP contribution in [-0.4, -0.2) is 73.8 Å². The van der Waals surface area contributed by atoms with Crippen LogP contribution in [0, 0.1) is 0 Å². The van der Waals surface area contributed by atoms with E-state index in [1.807, 2.05) is 33.0 Å². The summed E-state index contributed by atoms with van der Waals surface area (Å²) in [4.78, 5) is 17.6. The Morgan fingerprint density at radius 3 is 2.35 bits per heavy atom. The van der Waals surface area contributed by atoms with Gasteiger partial charge in [0.05, 0.1) is 13.2 Å². The number of piperazine rings is 1. The number of nitrogens with zero attached hydrogens (tertiary/aromatic N) is 5. The molecule has 1 saturated heterocycles. The quantitative estimate of drug-likeness (QED) is 0.314. The summed E-state index contributed by atoms with van der Waals surface area (Å²) in [6.45, 7) is 9.53. The van der Waals surface area contributed by atoms with Gasteiger partial charge in [0.15, 0.2) is 17.5 Å². The van der Waals surface area contributed by atoms with Crippen LogP contribution in [0.4, 0.5) is 5.95 Å². The van der Waals surface area contributed by atoms with Crippen molar-refractivity contribution in [3.8, 4) is 11.5 Å². The lowest BCUT2D eigenvalue weighted by atomic mass is 10.1. The number of hydrogen-bond donors (Lipinski definition) is 1. The maximum atomic E-state index is 5.73. The topological polar surface area (TPSA) is 75.1 Å². The van der Waals surface area contributed by atoms with Crippen molar-refractivity contribution in [3.05, 3.63) is 42.2 Å². The number of halogens is 1. The highest BCUT2D eigenvalue weighted by Gasteiger charge is 2.20. The van der Waals surface area contributed by atoms with E-state index in [9.17, 15) is 0 Å². The summed E-state index contributed by atoms with van der Waals surface area (Å²) in [5.41, 5.74) is 1.20. The fraction of sp³-hybridized carbons (Fsp3) is 0.500. The second kappa shape index (κ2) is 13.2. The average molecular weight is 540 g/mol. The first-order valence-corrected chi connectivity index (χ1v) is 10.6. The SMILES string of the molecule is CCOc1ccc(CCNC(=NC)N2CCN(c3ncccn3)CC2)cc1OCC.I. The molecule has 3 rings (SSSR count). The first kappa shape index (κ1) is 25.0. The monoisotopic (exact) mass is 540 g/mol. The normalized spacial score (nSPS) is 14.1.